The number of fused-ring (bicyclic) bond motifs is 1. The van der Waals surface area contributed by atoms with Crippen molar-refractivity contribution in [2.24, 2.45) is 0 Å². The Morgan fingerprint density at radius 3 is 2.29 bits per heavy atom. The summed E-state index contributed by atoms with van der Waals surface area (Å²) in [6.45, 7) is 5.59. The van der Waals surface area contributed by atoms with Gasteiger partial charge in [-0.15, -0.1) is 0 Å². The largest absolute Gasteiger partial charge is 0.373 e. The van der Waals surface area contributed by atoms with Crippen molar-refractivity contribution in [3.63, 3.8) is 0 Å². The van der Waals surface area contributed by atoms with Crippen molar-refractivity contribution in [1.82, 2.24) is 5.32 Å². The number of hydrogen-bond acceptors (Lipinski definition) is 3. The molecular weight excluding hydrogens is 350 g/mol. The van der Waals surface area contributed by atoms with Gasteiger partial charge < -0.3 is 16.0 Å². The predicted octanol–water partition coefficient (Wildman–Crippen LogP) is 4.01. The lowest BCUT2D eigenvalue weighted by Gasteiger charge is -2.17. The van der Waals surface area contributed by atoms with Crippen LogP contribution in [0, 0.1) is 13.8 Å². The standard InChI is InChI=1S/C23H25N3O2/c1-15-8-6-9-16(2)22(15)26-21(27)14-24-23(28)17(3)25-20-13-7-11-18-10-4-5-12-19(18)20/h4-13,17,25H,14H2,1-3H3,(H,24,28)(H,26,27)/t17-/m1/s1. The summed E-state index contributed by atoms with van der Waals surface area (Å²) >= 11 is 0. The lowest BCUT2D eigenvalue weighted by atomic mass is 10.1. The van der Waals surface area contributed by atoms with E-state index >= 15 is 0 Å². The van der Waals surface area contributed by atoms with Crippen LogP contribution >= 0.6 is 0 Å². The number of anilines is 2. The van der Waals surface area contributed by atoms with Crippen molar-refractivity contribution < 1.29 is 9.59 Å². The minimum Gasteiger partial charge on any atom is -0.373 e. The third kappa shape index (κ3) is 4.49. The van der Waals surface area contributed by atoms with Crippen LogP contribution in [-0.2, 0) is 9.59 Å². The summed E-state index contributed by atoms with van der Waals surface area (Å²) < 4.78 is 0. The van der Waals surface area contributed by atoms with Crippen LogP contribution in [0.1, 0.15) is 18.1 Å². The van der Waals surface area contributed by atoms with Gasteiger partial charge in [-0.1, -0.05) is 54.6 Å². The van der Waals surface area contributed by atoms with Crippen molar-refractivity contribution in [1.29, 1.82) is 0 Å². The third-order valence-corrected chi connectivity index (χ3v) is 4.72. The minimum atomic E-state index is -0.473. The van der Waals surface area contributed by atoms with E-state index in [9.17, 15) is 9.59 Å². The van der Waals surface area contributed by atoms with E-state index in [0.29, 0.717) is 0 Å². The van der Waals surface area contributed by atoms with Gasteiger partial charge in [-0.2, -0.15) is 0 Å². The van der Waals surface area contributed by atoms with Crippen LogP contribution in [-0.4, -0.2) is 24.4 Å². The predicted molar refractivity (Wildman–Crippen MR) is 115 cm³/mol. The Kier molecular flexibility index (Phi) is 5.94. The number of amides is 2. The van der Waals surface area contributed by atoms with Crippen molar-refractivity contribution in [2.75, 3.05) is 17.2 Å². The molecule has 5 nitrogen and oxygen atoms in total. The maximum absolute atomic E-state index is 12.4. The Hall–Kier alpha value is -3.34. The van der Waals surface area contributed by atoms with Crippen molar-refractivity contribution in [2.45, 2.75) is 26.8 Å². The second-order valence-electron chi connectivity index (χ2n) is 6.93. The molecule has 0 heterocycles. The van der Waals surface area contributed by atoms with Crippen LogP contribution in [0.15, 0.2) is 60.7 Å². The van der Waals surface area contributed by atoms with E-state index in [2.05, 4.69) is 16.0 Å². The molecule has 0 radical (unpaired) electrons. The van der Waals surface area contributed by atoms with Gasteiger partial charge in [0.2, 0.25) is 11.8 Å². The first kappa shape index (κ1) is 19.4. The first-order valence-electron chi connectivity index (χ1n) is 9.34. The van der Waals surface area contributed by atoms with E-state index in [0.717, 1.165) is 33.3 Å². The molecule has 1 atom stereocenters. The highest BCUT2D eigenvalue weighted by Gasteiger charge is 2.15. The van der Waals surface area contributed by atoms with Gasteiger partial charge in [-0.3, -0.25) is 9.59 Å². The third-order valence-electron chi connectivity index (χ3n) is 4.72. The molecule has 3 aromatic carbocycles. The molecule has 3 aromatic rings. The van der Waals surface area contributed by atoms with E-state index in [4.69, 9.17) is 0 Å². The van der Waals surface area contributed by atoms with Crippen molar-refractivity contribution in [3.05, 3.63) is 71.8 Å². The highest BCUT2D eigenvalue weighted by Crippen LogP contribution is 2.23. The van der Waals surface area contributed by atoms with E-state index in [1.54, 1.807) is 6.92 Å². The number of carbonyl (C=O) groups excluding carboxylic acids is 2. The van der Waals surface area contributed by atoms with Crippen LogP contribution < -0.4 is 16.0 Å². The Morgan fingerprint density at radius 1 is 0.893 bits per heavy atom. The molecule has 2 amide bonds. The lowest BCUT2D eigenvalue weighted by Crippen LogP contribution is -2.41. The number of nitrogens with one attached hydrogen (secondary N) is 3. The first-order valence-corrected chi connectivity index (χ1v) is 9.34. The molecule has 0 saturated carbocycles. The Morgan fingerprint density at radius 2 is 1.54 bits per heavy atom. The quantitative estimate of drug-likeness (QED) is 0.610. The Bertz CT molecular complexity index is 988. The molecule has 144 valence electrons. The second kappa shape index (κ2) is 8.57. The highest BCUT2D eigenvalue weighted by molar-refractivity contribution is 5.98. The van der Waals surface area contributed by atoms with Crippen LogP contribution in [0.4, 0.5) is 11.4 Å². The number of para-hydroxylation sites is 1. The minimum absolute atomic E-state index is 0.0752. The zero-order chi connectivity index (χ0) is 20.1. The van der Waals surface area contributed by atoms with Gasteiger partial charge in [-0.05, 0) is 43.4 Å². The second-order valence-corrected chi connectivity index (χ2v) is 6.93. The van der Waals surface area contributed by atoms with Crippen molar-refractivity contribution >= 4 is 34.0 Å². The number of hydrogen-bond donors (Lipinski definition) is 3. The molecule has 0 fully saturated rings. The van der Waals surface area contributed by atoms with Gasteiger partial charge >= 0.3 is 0 Å². The summed E-state index contributed by atoms with van der Waals surface area (Å²) in [5, 5.41) is 11.0. The number of aryl methyl sites for hydroxylation is 2. The average molecular weight is 375 g/mol. The fourth-order valence-corrected chi connectivity index (χ4v) is 3.17. The highest BCUT2D eigenvalue weighted by atomic mass is 16.2. The number of carbonyl (C=O) groups is 2. The number of benzene rings is 3. The molecule has 0 saturated heterocycles. The van der Waals surface area contributed by atoms with Gasteiger partial charge in [0, 0.05) is 16.8 Å². The van der Waals surface area contributed by atoms with Crippen LogP contribution in [0.2, 0.25) is 0 Å². The zero-order valence-corrected chi connectivity index (χ0v) is 16.4. The van der Waals surface area contributed by atoms with Gasteiger partial charge in [0.15, 0.2) is 0 Å². The van der Waals surface area contributed by atoms with E-state index in [-0.39, 0.29) is 18.4 Å². The van der Waals surface area contributed by atoms with Crippen LogP contribution in [0.25, 0.3) is 10.8 Å². The van der Waals surface area contributed by atoms with E-state index in [1.165, 1.54) is 0 Å². The summed E-state index contributed by atoms with van der Waals surface area (Å²) in [6, 6.07) is 19.3. The molecular formula is C23H25N3O2. The molecule has 0 aromatic heterocycles. The zero-order valence-electron chi connectivity index (χ0n) is 16.4. The van der Waals surface area contributed by atoms with E-state index in [1.807, 2.05) is 74.5 Å². The van der Waals surface area contributed by atoms with Gasteiger partial charge in [0.25, 0.3) is 0 Å². The van der Waals surface area contributed by atoms with E-state index < -0.39 is 6.04 Å². The monoisotopic (exact) mass is 375 g/mol. The van der Waals surface area contributed by atoms with Gasteiger partial charge in [0.1, 0.15) is 6.04 Å². The maximum atomic E-state index is 12.4. The molecule has 3 rings (SSSR count). The number of rotatable bonds is 6. The smallest absolute Gasteiger partial charge is 0.243 e. The first-order chi connectivity index (χ1) is 13.5. The Balaban J connectivity index is 1.58. The molecule has 3 N–H and O–H groups in total. The molecule has 0 spiro atoms. The molecule has 0 aliphatic heterocycles. The maximum Gasteiger partial charge on any atom is 0.243 e. The topological polar surface area (TPSA) is 70.2 Å². The molecule has 0 bridgehead atoms. The summed E-state index contributed by atoms with van der Waals surface area (Å²) in [7, 11) is 0. The van der Waals surface area contributed by atoms with Crippen LogP contribution in [0.5, 0.6) is 0 Å². The summed E-state index contributed by atoms with van der Waals surface area (Å²) in [5.41, 5.74) is 3.67. The summed E-state index contributed by atoms with van der Waals surface area (Å²) in [6.07, 6.45) is 0. The van der Waals surface area contributed by atoms with Crippen molar-refractivity contribution in [3.8, 4) is 0 Å². The van der Waals surface area contributed by atoms with Crippen LogP contribution in [0.3, 0.4) is 0 Å². The Labute approximate surface area is 165 Å². The summed E-state index contributed by atoms with van der Waals surface area (Å²) in [5.74, 6) is -0.479. The van der Waals surface area contributed by atoms with Gasteiger partial charge in [-0.25, -0.2) is 0 Å². The molecule has 0 aliphatic carbocycles. The van der Waals surface area contributed by atoms with Gasteiger partial charge in [0.05, 0.1) is 6.54 Å². The fraction of sp³-hybridized carbons (Fsp3) is 0.217. The average Bonchev–Trinajstić information content (AvgIpc) is 2.69. The fourth-order valence-electron chi connectivity index (χ4n) is 3.17. The normalized spacial score (nSPS) is 11.7. The molecule has 28 heavy (non-hydrogen) atoms. The summed E-state index contributed by atoms with van der Waals surface area (Å²) in [4.78, 5) is 24.7. The molecule has 5 heteroatoms. The lowest BCUT2D eigenvalue weighted by molar-refractivity contribution is -0.124. The SMILES string of the molecule is Cc1cccc(C)c1NC(=O)CNC(=O)[C@@H](C)Nc1cccc2ccccc12. The molecule has 0 unspecified atom stereocenters. The molecule has 0 aliphatic rings.